The first-order valence-electron chi connectivity index (χ1n) is 9.08. The van der Waals surface area contributed by atoms with Crippen LogP contribution in [0.5, 0.6) is 0 Å². The van der Waals surface area contributed by atoms with Crippen LogP contribution in [-0.2, 0) is 4.74 Å². The summed E-state index contributed by atoms with van der Waals surface area (Å²) in [5, 5.41) is 6.77. The van der Waals surface area contributed by atoms with Crippen molar-refractivity contribution in [2.24, 2.45) is 10.9 Å². The molecule has 1 fully saturated rings. The van der Waals surface area contributed by atoms with Gasteiger partial charge in [-0.3, -0.25) is 4.99 Å². The fourth-order valence-corrected chi connectivity index (χ4v) is 2.61. The van der Waals surface area contributed by atoms with Crippen LogP contribution in [0.25, 0.3) is 0 Å². The molecule has 1 saturated heterocycles. The summed E-state index contributed by atoms with van der Waals surface area (Å²) in [5.74, 6) is 1.85. The first kappa shape index (κ1) is 22.9. The lowest BCUT2D eigenvalue weighted by Crippen LogP contribution is -2.43. The van der Waals surface area contributed by atoms with E-state index >= 15 is 0 Å². The second-order valence-electron chi connectivity index (χ2n) is 6.12. The van der Waals surface area contributed by atoms with Crippen molar-refractivity contribution in [2.75, 3.05) is 52.5 Å². The molecule has 0 unspecified atom stereocenters. The summed E-state index contributed by atoms with van der Waals surface area (Å²) in [6.07, 6.45) is 4.85. The number of halogens is 1. The normalized spacial score (nSPS) is 16.9. The zero-order valence-electron chi connectivity index (χ0n) is 15.3. The van der Waals surface area contributed by atoms with Crippen molar-refractivity contribution in [1.29, 1.82) is 0 Å². The first-order chi connectivity index (χ1) is 10.8. The predicted molar refractivity (Wildman–Crippen MR) is 110 cm³/mol. The molecule has 0 radical (unpaired) electrons. The Morgan fingerprint density at radius 3 is 2.57 bits per heavy atom. The van der Waals surface area contributed by atoms with Crippen LogP contribution in [0.2, 0.25) is 0 Å². The molecular weight excluding hydrogens is 403 g/mol. The highest BCUT2D eigenvalue weighted by molar-refractivity contribution is 14.0. The van der Waals surface area contributed by atoms with E-state index in [0.29, 0.717) is 0 Å². The van der Waals surface area contributed by atoms with Crippen LogP contribution in [0.1, 0.15) is 46.5 Å². The molecule has 0 amide bonds. The van der Waals surface area contributed by atoms with Gasteiger partial charge in [-0.1, -0.05) is 6.92 Å². The van der Waals surface area contributed by atoms with Gasteiger partial charge in [-0.2, -0.15) is 0 Å². The highest BCUT2D eigenvalue weighted by Gasteiger charge is 2.14. The Morgan fingerprint density at radius 2 is 1.91 bits per heavy atom. The first-order valence-corrected chi connectivity index (χ1v) is 9.08. The fraction of sp³-hybridized carbons (Fsp3) is 0.941. The van der Waals surface area contributed by atoms with Crippen molar-refractivity contribution in [2.45, 2.75) is 46.5 Å². The summed E-state index contributed by atoms with van der Waals surface area (Å²) in [7, 11) is 0. The van der Waals surface area contributed by atoms with Crippen LogP contribution in [0, 0.1) is 5.92 Å². The molecule has 6 heteroatoms. The molecule has 2 N–H and O–H groups in total. The number of nitrogens with one attached hydrogen (secondary N) is 2. The molecule has 0 aromatic rings. The molecule has 23 heavy (non-hydrogen) atoms. The summed E-state index contributed by atoms with van der Waals surface area (Å²) in [6, 6.07) is 0. The van der Waals surface area contributed by atoms with Crippen molar-refractivity contribution >= 4 is 29.9 Å². The topological polar surface area (TPSA) is 48.9 Å². The van der Waals surface area contributed by atoms with Gasteiger partial charge in [-0.05, 0) is 58.5 Å². The van der Waals surface area contributed by atoms with Crippen LogP contribution in [-0.4, -0.2) is 63.3 Å². The fourth-order valence-electron chi connectivity index (χ4n) is 2.61. The van der Waals surface area contributed by atoms with Crippen LogP contribution in [0.4, 0.5) is 0 Å². The van der Waals surface area contributed by atoms with E-state index in [1.807, 2.05) is 6.92 Å². The minimum absolute atomic E-state index is 0. The molecule has 0 spiro atoms. The average Bonchev–Trinajstić information content (AvgIpc) is 2.52. The highest BCUT2D eigenvalue weighted by atomic mass is 127. The van der Waals surface area contributed by atoms with E-state index < -0.39 is 0 Å². The van der Waals surface area contributed by atoms with Crippen LogP contribution < -0.4 is 10.6 Å². The molecule has 0 aromatic heterocycles. The van der Waals surface area contributed by atoms with E-state index in [-0.39, 0.29) is 24.0 Å². The third-order valence-electron chi connectivity index (χ3n) is 4.11. The van der Waals surface area contributed by atoms with Gasteiger partial charge in [0.15, 0.2) is 5.96 Å². The van der Waals surface area contributed by atoms with Crippen LogP contribution in [0.3, 0.4) is 0 Å². The molecule has 1 aliphatic heterocycles. The van der Waals surface area contributed by atoms with Gasteiger partial charge >= 0.3 is 0 Å². The smallest absolute Gasteiger partial charge is 0.191 e. The van der Waals surface area contributed by atoms with Crippen molar-refractivity contribution in [3.63, 3.8) is 0 Å². The zero-order chi connectivity index (χ0) is 16.0. The second kappa shape index (κ2) is 15.4. The van der Waals surface area contributed by atoms with E-state index in [1.54, 1.807) is 0 Å². The average molecular weight is 440 g/mol. The summed E-state index contributed by atoms with van der Waals surface area (Å²) < 4.78 is 5.34. The molecule has 0 atom stereocenters. The number of likely N-dealkylation sites (tertiary alicyclic amines) is 1. The molecule has 1 heterocycles. The van der Waals surface area contributed by atoms with Gasteiger partial charge in [0, 0.05) is 39.4 Å². The van der Waals surface area contributed by atoms with E-state index in [9.17, 15) is 0 Å². The van der Waals surface area contributed by atoms with Crippen molar-refractivity contribution in [1.82, 2.24) is 15.5 Å². The van der Waals surface area contributed by atoms with E-state index in [0.717, 1.165) is 64.1 Å². The van der Waals surface area contributed by atoms with Gasteiger partial charge in [0.05, 0.1) is 0 Å². The summed E-state index contributed by atoms with van der Waals surface area (Å²) in [4.78, 5) is 7.18. The Labute approximate surface area is 160 Å². The lowest BCUT2D eigenvalue weighted by molar-refractivity contribution is 0.144. The minimum atomic E-state index is 0. The summed E-state index contributed by atoms with van der Waals surface area (Å²) >= 11 is 0. The Balaban J connectivity index is 0.00000484. The number of rotatable bonds is 10. The van der Waals surface area contributed by atoms with Gasteiger partial charge in [-0.15, -0.1) is 24.0 Å². The molecule has 0 saturated carbocycles. The molecular formula is C17H37IN4O. The molecule has 5 nitrogen and oxygen atoms in total. The molecule has 0 bridgehead atoms. The maximum atomic E-state index is 5.34. The van der Waals surface area contributed by atoms with E-state index in [4.69, 9.17) is 4.74 Å². The third-order valence-corrected chi connectivity index (χ3v) is 4.11. The number of unbranched alkanes of at least 4 members (excludes halogenated alkanes) is 1. The van der Waals surface area contributed by atoms with Gasteiger partial charge < -0.3 is 20.3 Å². The molecule has 0 aromatic carbocycles. The summed E-state index contributed by atoms with van der Waals surface area (Å²) in [6.45, 7) is 14.5. The number of ether oxygens (including phenoxy) is 1. The van der Waals surface area contributed by atoms with Gasteiger partial charge in [0.1, 0.15) is 0 Å². The van der Waals surface area contributed by atoms with Crippen LogP contribution >= 0.6 is 24.0 Å². The van der Waals surface area contributed by atoms with E-state index in [2.05, 4.69) is 34.4 Å². The highest BCUT2D eigenvalue weighted by Crippen LogP contribution is 2.14. The minimum Gasteiger partial charge on any atom is -0.382 e. The lowest BCUT2D eigenvalue weighted by Gasteiger charge is -2.30. The lowest BCUT2D eigenvalue weighted by atomic mass is 9.99. The third kappa shape index (κ3) is 12.0. The second-order valence-corrected chi connectivity index (χ2v) is 6.12. The number of hydrogen-bond acceptors (Lipinski definition) is 3. The molecule has 0 aliphatic carbocycles. The Hall–Kier alpha value is -0.0800. The van der Waals surface area contributed by atoms with Crippen LogP contribution in [0.15, 0.2) is 4.99 Å². The van der Waals surface area contributed by atoms with E-state index in [1.165, 1.54) is 25.9 Å². The number of guanidine groups is 1. The largest absolute Gasteiger partial charge is 0.382 e. The van der Waals surface area contributed by atoms with Crippen molar-refractivity contribution < 1.29 is 4.74 Å². The number of piperidine rings is 1. The predicted octanol–water partition coefficient (Wildman–Crippen LogP) is 2.71. The SMILES string of the molecule is CCNC(=NCCCCOCC)NCCN1CCC(C)CC1.I. The summed E-state index contributed by atoms with van der Waals surface area (Å²) in [5.41, 5.74) is 0. The number of nitrogens with zero attached hydrogens (tertiary/aromatic N) is 2. The van der Waals surface area contributed by atoms with Gasteiger partial charge in [0.25, 0.3) is 0 Å². The van der Waals surface area contributed by atoms with Crippen molar-refractivity contribution in [3.05, 3.63) is 0 Å². The zero-order valence-corrected chi connectivity index (χ0v) is 17.6. The van der Waals surface area contributed by atoms with Gasteiger partial charge in [-0.25, -0.2) is 0 Å². The Morgan fingerprint density at radius 1 is 1.17 bits per heavy atom. The molecule has 1 aliphatic rings. The van der Waals surface area contributed by atoms with Crippen molar-refractivity contribution in [3.8, 4) is 0 Å². The standard InChI is InChI=1S/C17H36N4O.HI/c1-4-18-17(19-10-6-7-15-22-5-2)20-11-14-21-12-8-16(3)9-13-21;/h16H,4-15H2,1-3H3,(H2,18,19,20);1H. The van der Waals surface area contributed by atoms with Gasteiger partial charge in [0.2, 0.25) is 0 Å². The maximum absolute atomic E-state index is 5.34. The number of aliphatic imine (C=N–C) groups is 1. The maximum Gasteiger partial charge on any atom is 0.191 e. The monoisotopic (exact) mass is 440 g/mol. The molecule has 1 rings (SSSR count). The Bertz CT molecular complexity index is 294. The molecule has 138 valence electrons. The quantitative estimate of drug-likeness (QED) is 0.237. The number of hydrogen-bond donors (Lipinski definition) is 2. The Kier molecular flexibility index (Phi) is 15.4.